The number of hydrogen-bond acceptors (Lipinski definition) is 4. The molecule has 0 aliphatic rings. The average molecular weight is 313 g/mol. The van der Waals surface area contributed by atoms with Crippen LogP contribution in [0, 0.1) is 0 Å². The van der Waals surface area contributed by atoms with Gasteiger partial charge in [0.05, 0.1) is 18.3 Å². The first kappa shape index (κ1) is 17.4. The van der Waals surface area contributed by atoms with Gasteiger partial charge in [-0.3, -0.25) is 9.48 Å². The first-order valence-electron chi connectivity index (χ1n) is 6.68. The second-order valence-electron chi connectivity index (χ2n) is 4.45. The number of hydrogen-bond donors (Lipinski definition) is 2. The fraction of sp³-hybridized carbons (Fsp3) is 0.429. The maximum Gasteiger partial charge on any atom is 0.241 e. The Hall–Kier alpha value is -1.63. The van der Waals surface area contributed by atoms with E-state index in [2.05, 4.69) is 15.7 Å². The second-order valence-corrected chi connectivity index (χ2v) is 4.45. The molecule has 0 saturated heterocycles. The van der Waals surface area contributed by atoms with Crippen LogP contribution in [0.25, 0.3) is 10.9 Å². The van der Waals surface area contributed by atoms with Gasteiger partial charge >= 0.3 is 0 Å². The molecule has 0 unspecified atom stereocenters. The van der Waals surface area contributed by atoms with E-state index in [1.54, 1.807) is 18.0 Å². The topological polar surface area (TPSA) is 68.2 Å². The summed E-state index contributed by atoms with van der Waals surface area (Å²) in [6.45, 7) is 3.03. The molecule has 0 aliphatic heterocycles. The number of benzene rings is 1. The molecule has 1 aromatic heterocycles. The van der Waals surface area contributed by atoms with Gasteiger partial charge in [0.25, 0.3) is 0 Å². The molecule has 1 aromatic carbocycles. The van der Waals surface area contributed by atoms with E-state index in [1.807, 2.05) is 24.3 Å². The number of halogens is 1. The van der Waals surface area contributed by atoms with Crippen molar-refractivity contribution in [3.8, 4) is 0 Å². The lowest BCUT2D eigenvalue weighted by atomic mass is 10.2. The Kier molecular flexibility index (Phi) is 7.74. The summed E-state index contributed by atoms with van der Waals surface area (Å²) in [7, 11) is 1.66. The van der Waals surface area contributed by atoms with Crippen LogP contribution in [0.4, 0.5) is 0 Å². The third kappa shape index (κ3) is 5.34. The molecule has 7 heteroatoms. The number of para-hydroxylation sites is 1. The minimum absolute atomic E-state index is 0. The summed E-state index contributed by atoms with van der Waals surface area (Å²) < 4.78 is 6.63. The SMILES string of the molecule is COCCNCCNC(=O)Cn1ncc2ccccc21.Cl. The number of carbonyl (C=O) groups excluding carboxylic acids is 1. The predicted octanol–water partition coefficient (Wildman–Crippen LogP) is 0.810. The highest BCUT2D eigenvalue weighted by Crippen LogP contribution is 2.11. The van der Waals surface area contributed by atoms with Crippen LogP contribution in [0.3, 0.4) is 0 Å². The lowest BCUT2D eigenvalue weighted by Gasteiger charge is -2.07. The zero-order chi connectivity index (χ0) is 14.2. The average Bonchev–Trinajstić information content (AvgIpc) is 2.86. The number of rotatable bonds is 8. The Bertz CT molecular complexity index is 559. The number of nitrogens with one attached hydrogen (secondary N) is 2. The van der Waals surface area contributed by atoms with Crippen LogP contribution in [0.1, 0.15) is 0 Å². The van der Waals surface area contributed by atoms with E-state index in [0.29, 0.717) is 13.2 Å². The minimum Gasteiger partial charge on any atom is -0.383 e. The Balaban J connectivity index is 0.00000220. The van der Waals surface area contributed by atoms with Crippen molar-refractivity contribution in [1.29, 1.82) is 0 Å². The van der Waals surface area contributed by atoms with Crippen molar-refractivity contribution in [2.75, 3.05) is 33.4 Å². The molecule has 0 radical (unpaired) electrons. The zero-order valence-electron chi connectivity index (χ0n) is 12.0. The fourth-order valence-corrected chi connectivity index (χ4v) is 1.93. The Morgan fingerprint density at radius 3 is 2.90 bits per heavy atom. The van der Waals surface area contributed by atoms with E-state index in [0.717, 1.165) is 24.0 Å². The second kappa shape index (κ2) is 9.33. The Labute approximate surface area is 130 Å². The third-order valence-electron chi connectivity index (χ3n) is 2.95. The summed E-state index contributed by atoms with van der Waals surface area (Å²) >= 11 is 0. The van der Waals surface area contributed by atoms with Crippen LogP contribution < -0.4 is 10.6 Å². The number of nitrogens with zero attached hydrogens (tertiary/aromatic N) is 2. The van der Waals surface area contributed by atoms with Crippen LogP contribution in [0.5, 0.6) is 0 Å². The summed E-state index contributed by atoms with van der Waals surface area (Å²) in [5, 5.41) is 11.3. The van der Waals surface area contributed by atoms with Gasteiger partial charge in [0.1, 0.15) is 6.54 Å². The standard InChI is InChI=1S/C14H20N4O2.ClH/c1-20-9-8-15-6-7-16-14(19)11-18-13-5-3-2-4-12(13)10-17-18;/h2-5,10,15H,6-9,11H2,1H3,(H,16,19);1H. The predicted molar refractivity (Wildman–Crippen MR) is 84.7 cm³/mol. The van der Waals surface area contributed by atoms with Crippen LogP contribution in [0.15, 0.2) is 30.5 Å². The number of amides is 1. The molecular formula is C14H21ClN4O2. The molecule has 2 N–H and O–H groups in total. The summed E-state index contributed by atoms with van der Waals surface area (Å²) in [6, 6.07) is 7.84. The highest BCUT2D eigenvalue weighted by molar-refractivity contribution is 5.85. The van der Waals surface area contributed by atoms with Crippen molar-refractivity contribution in [1.82, 2.24) is 20.4 Å². The van der Waals surface area contributed by atoms with Crippen LogP contribution >= 0.6 is 12.4 Å². The molecule has 1 heterocycles. The quantitative estimate of drug-likeness (QED) is 0.708. The van der Waals surface area contributed by atoms with E-state index in [-0.39, 0.29) is 24.9 Å². The number of aromatic nitrogens is 2. The first-order chi connectivity index (χ1) is 9.81. The van der Waals surface area contributed by atoms with E-state index >= 15 is 0 Å². The molecule has 2 aromatic rings. The summed E-state index contributed by atoms with van der Waals surface area (Å²) in [5.41, 5.74) is 0.973. The van der Waals surface area contributed by atoms with Gasteiger partial charge in [-0.15, -0.1) is 12.4 Å². The molecule has 0 fully saturated rings. The molecule has 0 aliphatic carbocycles. The van der Waals surface area contributed by atoms with Gasteiger partial charge in [-0.05, 0) is 6.07 Å². The summed E-state index contributed by atoms with van der Waals surface area (Å²) in [6.07, 6.45) is 1.77. The molecule has 1 amide bonds. The van der Waals surface area contributed by atoms with E-state index in [1.165, 1.54) is 0 Å². The minimum atomic E-state index is -0.0348. The monoisotopic (exact) mass is 312 g/mol. The van der Waals surface area contributed by atoms with Crippen molar-refractivity contribution in [3.05, 3.63) is 30.5 Å². The molecule has 0 bridgehead atoms. The lowest BCUT2D eigenvalue weighted by Crippen LogP contribution is -2.35. The third-order valence-corrected chi connectivity index (χ3v) is 2.95. The van der Waals surface area contributed by atoms with Crippen LogP contribution in [-0.2, 0) is 16.1 Å². The van der Waals surface area contributed by atoms with Crippen molar-refractivity contribution in [2.45, 2.75) is 6.54 Å². The summed E-state index contributed by atoms with van der Waals surface area (Å²) in [5.74, 6) is -0.0348. The van der Waals surface area contributed by atoms with Crippen LogP contribution in [0.2, 0.25) is 0 Å². The van der Waals surface area contributed by atoms with Crippen molar-refractivity contribution >= 4 is 29.2 Å². The molecule has 21 heavy (non-hydrogen) atoms. The Morgan fingerprint density at radius 1 is 1.29 bits per heavy atom. The van der Waals surface area contributed by atoms with Crippen molar-refractivity contribution < 1.29 is 9.53 Å². The van der Waals surface area contributed by atoms with Crippen LogP contribution in [-0.4, -0.2) is 49.0 Å². The van der Waals surface area contributed by atoms with Crippen molar-refractivity contribution in [3.63, 3.8) is 0 Å². The fourth-order valence-electron chi connectivity index (χ4n) is 1.93. The van der Waals surface area contributed by atoms with Gasteiger partial charge in [0.2, 0.25) is 5.91 Å². The van der Waals surface area contributed by atoms with E-state index in [9.17, 15) is 4.79 Å². The van der Waals surface area contributed by atoms with E-state index < -0.39 is 0 Å². The van der Waals surface area contributed by atoms with Gasteiger partial charge < -0.3 is 15.4 Å². The zero-order valence-corrected chi connectivity index (χ0v) is 12.9. The molecule has 0 spiro atoms. The summed E-state index contributed by atoms with van der Waals surface area (Å²) in [4.78, 5) is 11.8. The highest BCUT2D eigenvalue weighted by Gasteiger charge is 2.06. The maximum absolute atomic E-state index is 11.8. The van der Waals surface area contributed by atoms with E-state index in [4.69, 9.17) is 4.74 Å². The normalized spacial score (nSPS) is 10.3. The highest BCUT2D eigenvalue weighted by atomic mass is 35.5. The van der Waals surface area contributed by atoms with Gasteiger partial charge in [0.15, 0.2) is 0 Å². The number of carbonyl (C=O) groups is 1. The lowest BCUT2D eigenvalue weighted by molar-refractivity contribution is -0.121. The molecule has 0 atom stereocenters. The molecule has 0 saturated carbocycles. The van der Waals surface area contributed by atoms with Gasteiger partial charge in [-0.2, -0.15) is 5.10 Å². The van der Waals surface area contributed by atoms with Gasteiger partial charge in [-0.25, -0.2) is 0 Å². The van der Waals surface area contributed by atoms with Gasteiger partial charge in [-0.1, -0.05) is 18.2 Å². The molecule has 116 valence electrons. The molecule has 2 rings (SSSR count). The number of ether oxygens (including phenoxy) is 1. The molecule has 6 nitrogen and oxygen atoms in total. The Morgan fingerprint density at radius 2 is 2.10 bits per heavy atom. The number of fused-ring (bicyclic) bond motifs is 1. The smallest absolute Gasteiger partial charge is 0.241 e. The molecular weight excluding hydrogens is 292 g/mol. The first-order valence-corrected chi connectivity index (χ1v) is 6.68. The number of methoxy groups -OCH3 is 1. The maximum atomic E-state index is 11.8. The largest absolute Gasteiger partial charge is 0.383 e. The van der Waals surface area contributed by atoms with Gasteiger partial charge in [0, 0.05) is 32.1 Å². The van der Waals surface area contributed by atoms with Crippen molar-refractivity contribution in [2.24, 2.45) is 0 Å².